The molecule has 0 spiro atoms. The van der Waals surface area contributed by atoms with Gasteiger partial charge in [-0.05, 0) is 57.9 Å². The first-order chi connectivity index (χ1) is 17.1. The molecule has 8 nitrogen and oxygen atoms in total. The fourth-order valence-electron chi connectivity index (χ4n) is 4.26. The Morgan fingerprint density at radius 3 is 2.44 bits per heavy atom. The van der Waals surface area contributed by atoms with Gasteiger partial charge in [0.05, 0.1) is 10.6 Å². The van der Waals surface area contributed by atoms with E-state index in [-0.39, 0.29) is 12.0 Å². The number of nitrogens with zero attached hydrogens (tertiary/aromatic N) is 4. The summed E-state index contributed by atoms with van der Waals surface area (Å²) in [5.41, 5.74) is 3.07. The van der Waals surface area contributed by atoms with Gasteiger partial charge >= 0.3 is 6.09 Å². The fraction of sp³-hybridized carbons (Fsp3) is 0.444. The van der Waals surface area contributed by atoms with Gasteiger partial charge in [-0.25, -0.2) is 9.78 Å². The molecule has 0 atom stereocenters. The monoisotopic (exact) mass is 511 g/mol. The number of fused-ring (bicyclic) bond motifs is 1. The second kappa shape index (κ2) is 10.8. The normalized spacial score (nSPS) is 14.2. The molecule has 36 heavy (non-hydrogen) atoms. The van der Waals surface area contributed by atoms with Crippen molar-refractivity contribution in [2.75, 3.05) is 37.6 Å². The number of piperazine rings is 1. The van der Waals surface area contributed by atoms with Crippen molar-refractivity contribution in [1.82, 2.24) is 19.8 Å². The molecule has 0 aliphatic carbocycles. The number of hydrogen-bond donors (Lipinski definition) is 1. The van der Waals surface area contributed by atoms with E-state index in [0.29, 0.717) is 30.2 Å². The predicted octanol–water partition coefficient (Wildman–Crippen LogP) is 4.74. The van der Waals surface area contributed by atoms with Gasteiger partial charge < -0.3 is 24.4 Å². The second-order valence-electron chi connectivity index (χ2n) is 9.98. The smallest absolute Gasteiger partial charge is 0.410 e. The number of carbonyl (C=O) groups excluding carboxylic acids is 2. The predicted molar refractivity (Wildman–Crippen MR) is 143 cm³/mol. The van der Waals surface area contributed by atoms with Crippen LogP contribution in [0.4, 0.5) is 10.5 Å². The fourth-order valence-corrected chi connectivity index (χ4v) is 4.52. The number of anilines is 1. The van der Waals surface area contributed by atoms with Gasteiger partial charge in [0, 0.05) is 62.7 Å². The Kier molecular flexibility index (Phi) is 7.73. The summed E-state index contributed by atoms with van der Waals surface area (Å²) in [6.45, 7) is 11.8. The van der Waals surface area contributed by atoms with E-state index in [1.54, 1.807) is 17.2 Å². The van der Waals surface area contributed by atoms with Crippen LogP contribution in [0.25, 0.3) is 11.0 Å². The lowest BCUT2D eigenvalue weighted by Crippen LogP contribution is -2.50. The van der Waals surface area contributed by atoms with Crippen molar-refractivity contribution in [3.8, 4) is 0 Å². The molecule has 0 radical (unpaired) electrons. The number of halogens is 1. The molecular weight excluding hydrogens is 478 g/mol. The van der Waals surface area contributed by atoms with Gasteiger partial charge in [0.15, 0.2) is 0 Å². The molecular formula is C27H34ClN5O3. The summed E-state index contributed by atoms with van der Waals surface area (Å²) >= 11 is 6.31. The number of benzene rings is 1. The van der Waals surface area contributed by atoms with Crippen molar-refractivity contribution >= 4 is 40.3 Å². The van der Waals surface area contributed by atoms with Crippen LogP contribution < -0.4 is 10.2 Å². The highest BCUT2D eigenvalue weighted by Crippen LogP contribution is 2.25. The lowest BCUT2D eigenvalue weighted by Gasteiger charge is -2.36. The minimum absolute atomic E-state index is 0.163. The largest absolute Gasteiger partial charge is 0.444 e. The van der Waals surface area contributed by atoms with Crippen molar-refractivity contribution in [2.45, 2.75) is 46.3 Å². The number of amides is 2. The Bertz CT molecular complexity index is 1220. The Morgan fingerprint density at radius 1 is 1.11 bits per heavy atom. The SMILES string of the molecule is CCn1cc(Cl)c2cc(C(=O)NCCc3ccc(N4CCN(C(=O)OC(C)(C)C)CC4)cc3)cnc21. The second-order valence-corrected chi connectivity index (χ2v) is 10.4. The van der Waals surface area contributed by atoms with Gasteiger partial charge in [0.25, 0.3) is 5.91 Å². The highest BCUT2D eigenvalue weighted by molar-refractivity contribution is 6.35. The third kappa shape index (κ3) is 6.10. The first kappa shape index (κ1) is 25.8. The highest BCUT2D eigenvalue weighted by atomic mass is 35.5. The lowest BCUT2D eigenvalue weighted by molar-refractivity contribution is 0.0240. The minimum atomic E-state index is -0.483. The average Bonchev–Trinajstić information content (AvgIpc) is 3.18. The number of ether oxygens (including phenoxy) is 1. The van der Waals surface area contributed by atoms with E-state index in [4.69, 9.17) is 16.3 Å². The molecule has 192 valence electrons. The Labute approximate surface area is 217 Å². The molecule has 1 aliphatic heterocycles. The molecule has 3 aromatic rings. The van der Waals surface area contributed by atoms with Crippen LogP contribution in [0, 0.1) is 0 Å². The molecule has 1 aromatic carbocycles. The molecule has 4 rings (SSSR count). The summed E-state index contributed by atoms with van der Waals surface area (Å²) in [4.78, 5) is 33.4. The average molecular weight is 512 g/mol. The van der Waals surface area contributed by atoms with Crippen molar-refractivity contribution in [3.63, 3.8) is 0 Å². The van der Waals surface area contributed by atoms with Crippen LogP contribution in [0.15, 0.2) is 42.7 Å². The van der Waals surface area contributed by atoms with Crippen LogP contribution >= 0.6 is 11.6 Å². The molecule has 2 aromatic heterocycles. The zero-order valence-electron chi connectivity index (χ0n) is 21.4. The van der Waals surface area contributed by atoms with Gasteiger partial charge in [-0.15, -0.1) is 0 Å². The zero-order valence-corrected chi connectivity index (χ0v) is 22.1. The molecule has 3 heterocycles. The molecule has 1 saturated heterocycles. The van der Waals surface area contributed by atoms with E-state index in [2.05, 4.69) is 39.5 Å². The van der Waals surface area contributed by atoms with Crippen LogP contribution in [0.2, 0.25) is 5.02 Å². The van der Waals surface area contributed by atoms with Gasteiger partial charge in [0.1, 0.15) is 11.2 Å². The summed E-state index contributed by atoms with van der Waals surface area (Å²) in [6, 6.07) is 10.2. The van der Waals surface area contributed by atoms with Crippen LogP contribution in [0.3, 0.4) is 0 Å². The zero-order chi connectivity index (χ0) is 25.9. The first-order valence-corrected chi connectivity index (χ1v) is 12.8. The van der Waals surface area contributed by atoms with Crippen LogP contribution in [-0.4, -0.2) is 64.8 Å². The van der Waals surface area contributed by atoms with E-state index in [1.165, 1.54) is 0 Å². The number of hydrogen-bond acceptors (Lipinski definition) is 5. The van der Waals surface area contributed by atoms with E-state index in [9.17, 15) is 9.59 Å². The molecule has 1 N–H and O–H groups in total. The summed E-state index contributed by atoms with van der Waals surface area (Å²) in [5.74, 6) is -0.163. The quantitative estimate of drug-likeness (QED) is 0.517. The summed E-state index contributed by atoms with van der Waals surface area (Å²) in [7, 11) is 0. The topological polar surface area (TPSA) is 79.7 Å². The standard InChI is InChI=1S/C27H34ClN5O3/c1-5-31-18-23(28)22-16-20(17-30-24(22)31)25(34)29-11-10-19-6-8-21(9-7-19)32-12-14-33(15-13-32)26(35)36-27(2,3)4/h6-9,16-18H,5,10-15H2,1-4H3,(H,29,34). The van der Waals surface area contributed by atoms with E-state index < -0.39 is 5.60 Å². The third-order valence-corrected chi connectivity index (χ3v) is 6.50. The van der Waals surface area contributed by atoms with E-state index in [1.807, 2.05) is 38.5 Å². The minimum Gasteiger partial charge on any atom is -0.444 e. The van der Waals surface area contributed by atoms with Crippen LogP contribution in [0.1, 0.15) is 43.6 Å². The molecule has 1 fully saturated rings. The summed E-state index contributed by atoms with van der Waals surface area (Å²) in [6.07, 6.45) is 3.90. The molecule has 2 amide bonds. The van der Waals surface area contributed by atoms with Gasteiger partial charge in [-0.1, -0.05) is 23.7 Å². The van der Waals surface area contributed by atoms with Crippen molar-refractivity contribution in [2.24, 2.45) is 0 Å². The molecule has 0 saturated carbocycles. The van der Waals surface area contributed by atoms with Crippen molar-refractivity contribution < 1.29 is 14.3 Å². The van der Waals surface area contributed by atoms with Crippen LogP contribution in [-0.2, 0) is 17.7 Å². The number of rotatable bonds is 6. The van der Waals surface area contributed by atoms with Crippen molar-refractivity contribution in [1.29, 1.82) is 0 Å². The molecule has 0 bridgehead atoms. The Morgan fingerprint density at radius 2 is 1.81 bits per heavy atom. The number of aromatic nitrogens is 2. The maximum Gasteiger partial charge on any atom is 0.410 e. The lowest BCUT2D eigenvalue weighted by atomic mass is 10.1. The van der Waals surface area contributed by atoms with Crippen molar-refractivity contribution in [3.05, 3.63) is 58.9 Å². The van der Waals surface area contributed by atoms with E-state index in [0.717, 1.165) is 48.3 Å². The number of nitrogens with one attached hydrogen (secondary N) is 1. The van der Waals surface area contributed by atoms with Gasteiger partial charge in [-0.2, -0.15) is 0 Å². The number of carbonyl (C=O) groups is 2. The first-order valence-electron chi connectivity index (χ1n) is 12.4. The number of aryl methyl sites for hydroxylation is 1. The van der Waals surface area contributed by atoms with Gasteiger partial charge in [-0.3, -0.25) is 4.79 Å². The van der Waals surface area contributed by atoms with E-state index >= 15 is 0 Å². The Balaban J connectivity index is 1.26. The maximum atomic E-state index is 12.6. The summed E-state index contributed by atoms with van der Waals surface area (Å²) < 4.78 is 7.44. The van der Waals surface area contributed by atoms with Crippen LogP contribution in [0.5, 0.6) is 0 Å². The molecule has 9 heteroatoms. The highest BCUT2D eigenvalue weighted by Gasteiger charge is 2.26. The third-order valence-electron chi connectivity index (χ3n) is 6.20. The molecule has 0 unspecified atom stereocenters. The number of pyridine rings is 1. The Hall–Kier alpha value is -3.26. The maximum absolute atomic E-state index is 12.6. The summed E-state index contributed by atoms with van der Waals surface area (Å²) in [5, 5.41) is 4.36. The molecule has 1 aliphatic rings. The van der Waals surface area contributed by atoms with Gasteiger partial charge in [0.2, 0.25) is 0 Å².